The minimum absolute atomic E-state index is 0.255. The average molecular weight is 580 g/mol. The van der Waals surface area contributed by atoms with E-state index in [0.29, 0.717) is 24.4 Å². The Morgan fingerprint density at radius 3 is 1.50 bits per heavy atom. The lowest BCUT2D eigenvalue weighted by molar-refractivity contribution is -0.140. The van der Waals surface area contributed by atoms with Crippen molar-refractivity contribution < 1.29 is 19.1 Å². The molecule has 0 radical (unpaired) electrons. The molecule has 0 unspecified atom stereocenters. The lowest BCUT2D eigenvalue weighted by Gasteiger charge is -2.04. The zero-order valence-electron chi connectivity index (χ0n) is 26.8. The third-order valence-corrected chi connectivity index (χ3v) is 6.48. The topological polar surface area (TPSA) is 57.5 Å². The van der Waals surface area contributed by atoms with Gasteiger partial charge < -0.3 is 14.0 Å². The Labute approximate surface area is 256 Å². The first-order valence-corrected chi connectivity index (χ1v) is 15.8. The van der Waals surface area contributed by atoms with E-state index >= 15 is 0 Å². The summed E-state index contributed by atoms with van der Waals surface area (Å²) in [6.45, 7) is 17.1. The maximum Gasteiger partial charge on any atom is 0.333 e. The molecule has 42 heavy (non-hydrogen) atoms. The molecule has 0 fully saturated rings. The molecule has 2 rings (SSSR count). The van der Waals surface area contributed by atoms with E-state index in [-0.39, 0.29) is 11.9 Å². The molecule has 0 N–H and O–H groups in total. The van der Waals surface area contributed by atoms with Gasteiger partial charge in [-0.15, -0.1) is 0 Å². The number of ether oxygens (including phenoxy) is 2. The van der Waals surface area contributed by atoms with Crippen molar-refractivity contribution >= 4 is 18.1 Å². The lowest BCUT2D eigenvalue weighted by Crippen LogP contribution is -2.05. The van der Waals surface area contributed by atoms with Gasteiger partial charge in [-0.2, -0.15) is 0 Å². The monoisotopic (exact) mass is 579 g/mol. The fraction of sp³-hybridized carbons (Fsp3) is 0.514. The van der Waals surface area contributed by atoms with Gasteiger partial charge in [0.25, 0.3) is 0 Å². The fourth-order valence-corrected chi connectivity index (χ4v) is 3.90. The molecule has 0 aliphatic carbocycles. The number of aromatic nitrogens is 1. The Kier molecular flexibility index (Phi) is 25.6. The standard InChI is InChI=1S/C20H38O2.C11H12O2.C6H7N/c1-4-5-6-7-8-9-10-11-12-13-14-15-16-17-18-22-20(21)19(2)3;1-9(2)11(12)13-8-10-6-4-3-5-7-10;1-2-7-5-3-4-6-7/h2,4-18H2,1,3H3;3-7H,1,8H2,2H3;2-6H,1H2. The van der Waals surface area contributed by atoms with Crippen LogP contribution in [0.3, 0.4) is 0 Å². The van der Waals surface area contributed by atoms with Crippen LogP contribution in [0, 0.1) is 0 Å². The molecule has 1 heterocycles. The summed E-state index contributed by atoms with van der Waals surface area (Å²) in [5.41, 5.74) is 1.90. The highest BCUT2D eigenvalue weighted by molar-refractivity contribution is 5.87. The van der Waals surface area contributed by atoms with Crippen molar-refractivity contribution in [1.29, 1.82) is 0 Å². The van der Waals surface area contributed by atoms with Crippen LogP contribution in [0.15, 0.2) is 85.7 Å². The summed E-state index contributed by atoms with van der Waals surface area (Å²) in [6.07, 6.45) is 24.4. The average Bonchev–Trinajstić information content (AvgIpc) is 3.53. The van der Waals surface area contributed by atoms with Gasteiger partial charge in [0.2, 0.25) is 0 Å². The van der Waals surface area contributed by atoms with Gasteiger partial charge in [0.15, 0.2) is 0 Å². The largest absolute Gasteiger partial charge is 0.462 e. The number of rotatable bonds is 20. The summed E-state index contributed by atoms with van der Waals surface area (Å²) in [5.74, 6) is -0.599. The molecule has 2 aromatic rings. The van der Waals surface area contributed by atoms with Gasteiger partial charge >= 0.3 is 11.9 Å². The normalized spacial score (nSPS) is 9.88. The maximum absolute atomic E-state index is 11.2. The first-order valence-electron chi connectivity index (χ1n) is 15.8. The van der Waals surface area contributed by atoms with Crippen molar-refractivity contribution in [2.24, 2.45) is 0 Å². The van der Waals surface area contributed by atoms with Gasteiger partial charge in [-0.05, 0) is 38.0 Å². The number of hydrogen-bond acceptors (Lipinski definition) is 4. The third kappa shape index (κ3) is 24.5. The van der Waals surface area contributed by atoms with Crippen LogP contribution in [0.2, 0.25) is 0 Å². The molecule has 0 saturated carbocycles. The van der Waals surface area contributed by atoms with Crippen LogP contribution in [-0.4, -0.2) is 23.1 Å². The molecule has 0 atom stereocenters. The second-order valence-electron chi connectivity index (χ2n) is 10.7. The van der Waals surface area contributed by atoms with Crippen LogP contribution in [-0.2, 0) is 25.7 Å². The van der Waals surface area contributed by atoms with E-state index in [1.54, 1.807) is 20.0 Å². The van der Waals surface area contributed by atoms with Crippen molar-refractivity contribution in [1.82, 2.24) is 4.57 Å². The smallest absolute Gasteiger partial charge is 0.333 e. The first-order chi connectivity index (χ1) is 20.3. The zero-order valence-corrected chi connectivity index (χ0v) is 26.8. The van der Waals surface area contributed by atoms with E-state index in [1.807, 2.05) is 59.4 Å². The van der Waals surface area contributed by atoms with Crippen molar-refractivity contribution in [2.75, 3.05) is 6.61 Å². The Balaban J connectivity index is 0.000000696. The van der Waals surface area contributed by atoms with E-state index in [1.165, 1.54) is 83.5 Å². The number of esters is 2. The van der Waals surface area contributed by atoms with Crippen LogP contribution < -0.4 is 0 Å². The molecule has 0 amide bonds. The zero-order chi connectivity index (χ0) is 31.3. The Hall–Kier alpha value is -3.34. The van der Waals surface area contributed by atoms with E-state index in [2.05, 4.69) is 26.7 Å². The summed E-state index contributed by atoms with van der Waals surface area (Å²) in [6, 6.07) is 13.5. The second kappa shape index (κ2) is 27.8. The number of carbonyl (C=O) groups is 2. The maximum atomic E-state index is 11.2. The molecule has 1 aromatic heterocycles. The molecule has 0 aliphatic rings. The van der Waals surface area contributed by atoms with Gasteiger partial charge in [-0.3, -0.25) is 0 Å². The highest BCUT2D eigenvalue weighted by Crippen LogP contribution is 2.13. The van der Waals surface area contributed by atoms with Gasteiger partial charge in [-0.25, -0.2) is 9.59 Å². The predicted molar refractivity (Wildman–Crippen MR) is 178 cm³/mol. The van der Waals surface area contributed by atoms with Crippen molar-refractivity contribution in [2.45, 2.75) is 117 Å². The van der Waals surface area contributed by atoms with Gasteiger partial charge in [0.1, 0.15) is 6.61 Å². The number of nitrogens with zero attached hydrogens (tertiary/aromatic N) is 1. The molecular formula is C37H57NO4. The van der Waals surface area contributed by atoms with Crippen molar-refractivity contribution in [3.05, 3.63) is 91.3 Å². The van der Waals surface area contributed by atoms with Gasteiger partial charge in [0.05, 0.1) is 6.61 Å². The minimum Gasteiger partial charge on any atom is -0.462 e. The first kappa shape index (κ1) is 38.7. The predicted octanol–water partition coefficient (Wildman–Crippen LogP) is 10.5. The minimum atomic E-state index is -0.344. The van der Waals surface area contributed by atoms with Crippen molar-refractivity contribution in [3.63, 3.8) is 0 Å². The summed E-state index contributed by atoms with van der Waals surface area (Å²) in [4.78, 5) is 22.1. The Bertz CT molecular complexity index is 963. The highest BCUT2D eigenvalue weighted by Gasteiger charge is 2.03. The van der Waals surface area contributed by atoms with E-state index < -0.39 is 0 Å². The number of benzene rings is 1. The summed E-state index contributed by atoms with van der Waals surface area (Å²) in [5, 5.41) is 0. The highest BCUT2D eigenvalue weighted by atomic mass is 16.5. The van der Waals surface area contributed by atoms with Crippen LogP contribution in [0.1, 0.15) is 116 Å². The van der Waals surface area contributed by atoms with E-state index in [0.717, 1.165) is 12.0 Å². The van der Waals surface area contributed by atoms with Gasteiger partial charge in [0, 0.05) is 29.7 Å². The molecule has 0 saturated heterocycles. The second-order valence-corrected chi connectivity index (χ2v) is 10.7. The molecule has 0 bridgehead atoms. The quantitative estimate of drug-likeness (QED) is 0.0889. The third-order valence-electron chi connectivity index (χ3n) is 6.48. The molecule has 0 spiro atoms. The Morgan fingerprint density at radius 1 is 0.667 bits per heavy atom. The summed E-state index contributed by atoms with van der Waals surface area (Å²) < 4.78 is 11.9. The van der Waals surface area contributed by atoms with Crippen molar-refractivity contribution in [3.8, 4) is 0 Å². The molecular weight excluding hydrogens is 522 g/mol. The van der Waals surface area contributed by atoms with Gasteiger partial charge in [-0.1, -0.05) is 140 Å². The van der Waals surface area contributed by atoms with Crippen LogP contribution in [0.25, 0.3) is 6.20 Å². The van der Waals surface area contributed by atoms with Crippen LogP contribution in [0.5, 0.6) is 0 Å². The summed E-state index contributed by atoms with van der Waals surface area (Å²) in [7, 11) is 0. The molecule has 1 aromatic carbocycles. The lowest BCUT2D eigenvalue weighted by atomic mass is 10.0. The molecule has 5 nitrogen and oxygen atoms in total. The van der Waals surface area contributed by atoms with E-state index in [4.69, 9.17) is 9.47 Å². The molecule has 234 valence electrons. The van der Waals surface area contributed by atoms with E-state index in [9.17, 15) is 9.59 Å². The summed E-state index contributed by atoms with van der Waals surface area (Å²) >= 11 is 0. The van der Waals surface area contributed by atoms with Crippen LogP contribution in [0.4, 0.5) is 0 Å². The molecule has 0 aliphatic heterocycles. The SMILES string of the molecule is C=C(C)C(=O)OCCCCCCCCCCCCCCCC.C=C(C)C(=O)OCc1ccccc1.C=Cn1cccc1. The number of carbonyl (C=O) groups excluding carboxylic acids is 2. The fourth-order valence-electron chi connectivity index (χ4n) is 3.90. The van der Waals surface area contributed by atoms with Crippen LogP contribution >= 0.6 is 0 Å². The molecule has 5 heteroatoms. The number of hydrogen-bond donors (Lipinski definition) is 0. The number of unbranched alkanes of at least 4 members (excludes halogenated alkanes) is 13. The Morgan fingerprint density at radius 2 is 1.10 bits per heavy atom.